The molecule has 0 fully saturated rings. The Morgan fingerprint density at radius 2 is 2.00 bits per heavy atom. The van der Waals surface area contributed by atoms with Gasteiger partial charge in [-0.05, 0) is 31.4 Å². The average molecular weight is 358 g/mol. The Balaban J connectivity index is 1.80. The summed E-state index contributed by atoms with van der Waals surface area (Å²) in [6.07, 6.45) is 4.96. The van der Waals surface area contributed by atoms with Crippen LogP contribution in [0.2, 0.25) is 0 Å². The Morgan fingerprint density at radius 3 is 2.73 bits per heavy atom. The van der Waals surface area contributed by atoms with Crippen molar-refractivity contribution >= 4 is 5.96 Å². The molecule has 6 nitrogen and oxygen atoms in total. The molecule has 0 radical (unpaired) electrons. The van der Waals surface area contributed by atoms with E-state index in [0.717, 1.165) is 43.3 Å². The van der Waals surface area contributed by atoms with Crippen molar-refractivity contribution in [2.45, 2.75) is 33.7 Å². The second kappa shape index (κ2) is 11.3. The molecule has 2 aromatic rings. The Hall–Kier alpha value is -2.34. The van der Waals surface area contributed by atoms with Crippen molar-refractivity contribution in [1.82, 2.24) is 20.4 Å². The van der Waals surface area contributed by atoms with Gasteiger partial charge in [-0.3, -0.25) is 0 Å². The molecule has 0 atom stereocenters. The van der Waals surface area contributed by atoms with E-state index >= 15 is 0 Å². The van der Waals surface area contributed by atoms with Crippen LogP contribution in [-0.4, -0.2) is 42.0 Å². The van der Waals surface area contributed by atoms with Crippen LogP contribution in [0.25, 0.3) is 5.69 Å². The first-order valence-electron chi connectivity index (χ1n) is 9.38. The van der Waals surface area contributed by atoms with Crippen molar-refractivity contribution in [2.24, 2.45) is 10.9 Å². The maximum absolute atomic E-state index is 5.63. The molecule has 2 rings (SSSR count). The lowest BCUT2D eigenvalue weighted by atomic mass is 10.1. The standard InChI is InChI=1S/C20H31N5O/c1-4-21-20(22-11-13-26-12-10-17(2)3)23-14-18-15-24-25(16-18)19-8-6-5-7-9-19/h5-9,15-17H,4,10-14H2,1-3H3,(H2,21,22,23). The largest absolute Gasteiger partial charge is 0.380 e. The predicted octanol–water partition coefficient (Wildman–Crippen LogP) is 2.99. The molecule has 0 aliphatic rings. The number of aromatic nitrogens is 2. The second-order valence-corrected chi connectivity index (χ2v) is 6.55. The van der Waals surface area contributed by atoms with Crippen LogP contribution in [0.3, 0.4) is 0 Å². The first-order valence-corrected chi connectivity index (χ1v) is 9.38. The number of guanidine groups is 1. The van der Waals surface area contributed by atoms with Crippen LogP contribution in [0, 0.1) is 5.92 Å². The number of rotatable bonds is 10. The van der Waals surface area contributed by atoms with Gasteiger partial charge in [-0.2, -0.15) is 5.10 Å². The molecule has 0 aliphatic heterocycles. The summed E-state index contributed by atoms with van der Waals surface area (Å²) in [4.78, 5) is 4.62. The van der Waals surface area contributed by atoms with E-state index in [1.54, 1.807) is 0 Å². The third-order valence-corrected chi connectivity index (χ3v) is 3.80. The van der Waals surface area contributed by atoms with E-state index in [2.05, 4.69) is 41.5 Å². The number of nitrogens with one attached hydrogen (secondary N) is 2. The molecule has 0 saturated carbocycles. The molecule has 0 unspecified atom stereocenters. The van der Waals surface area contributed by atoms with Gasteiger partial charge in [0.1, 0.15) is 0 Å². The predicted molar refractivity (Wildman–Crippen MR) is 107 cm³/mol. The minimum absolute atomic E-state index is 0.580. The van der Waals surface area contributed by atoms with Crippen LogP contribution in [-0.2, 0) is 11.3 Å². The highest BCUT2D eigenvalue weighted by molar-refractivity contribution is 5.79. The maximum atomic E-state index is 5.63. The van der Waals surface area contributed by atoms with Crippen LogP contribution < -0.4 is 10.6 Å². The summed E-state index contributed by atoms with van der Waals surface area (Å²) in [5.74, 6) is 1.48. The van der Waals surface area contributed by atoms with E-state index in [0.29, 0.717) is 19.1 Å². The molecule has 1 aromatic carbocycles. The van der Waals surface area contributed by atoms with Gasteiger partial charge in [0.15, 0.2) is 5.96 Å². The lowest BCUT2D eigenvalue weighted by molar-refractivity contribution is 0.128. The third kappa shape index (κ3) is 7.27. The van der Waals surface area contributed by atoms with E-state index in [9.17, 15) is 0 Å². The van der Waals surface area contributed by atoms with Crippen LogP contribution in [0.1, 0.15) is 32.8 Å². The summed E-state index contributed by atoms with van der Waals surface area (Å²) >= 11 is 0. The van der Waals surface area contributed by atoms with E-state index < -0.39 is 0 Å². The van der Waals surface area contributed by atoms with E-state index in [1.807, 2.05) is 47.4 Å². The Kier molecular flexibility index (Phi) is 8.69. The van der Waals surface area contributed by atoms with Crippen molar-refractivity contribution < 1.29 is 4.74 Å². The van der Waals surface area contributed by atoms with E-state index in [4.69, 9.17) is 4.74 Å². The summed E-state index contributed by atoms with van der Waals surface area (Å²) in [5.41, 5.74) is 2.12. The Labute approximate surface area is 156 Å². The zero-order chi connectivity index (χ0) is 18.6. The van der Waals surface area contributed by atoms with Gasteiger partial charge >= 0.3 is 0 Å². The van der Waals surface area contributed by atoms with Gasteiger partial charge < -0.3 is 15.4 Å². The number of benzene rings is 1. The van der Waals surface area contributed by atoms with Crippen LogP contribution in [0.5, 0.6) is 0 Å². The fraction of sp³-hybridized carbons (Fsp3) is 0.500. The van der Waals surface area contributed by atoms with Gasteiger partial charge in [0.2, 0.25) is 0 Å². The lowest BCUT2D eigenvalue weighted by Gasteiger charge is -2.11. The normalized spacial score (nSPS) is 11.8. The number of aliphatic imine (C=N–C) groups is 1. The minimum atomic E-state index is 0.580. The maximum Gasteiger partial charge on any atom is 0.191 e. The summed E-state index contributed by atoms with van der Waals surface area (Å²) in [6, 6.07) is 10.1. The molecule has 6 heteroatoms. The first kappa shape index (κ1) is 20.0. The molecule has 0 amide bonds. The summed E-state index contributed by atoms with van der Waals surface area (Å²) in [6.45, 7) is 10.1. The molecule has 0 saturated heterocycles. The zero-order valence-corrected chi connectivity index (χ0v) is 16.1. The highest BCUT2D eigenvalue weighted by Gasteiger charge is 2.02. The smallest absolute Gasteiger partial charge is 0.191 e. The van der Waals surface area contributed by atoms with E-state index in [-0.39, 0.29) is 0 Å². The van der Waals surface area contributed by atoms with Gasteiger partial charge in [-0.25, -0.2) is 9.67 Å². The SMILES string of the molecule is CCNC(=NCc1cnn(-c2ccccc2)c1)NCCOCCC(C)C. The van der Waals surface area contributed by atoms with Crippen molar-refractivity contribution in [3.05, 3.63) is 48.3 Å². The third-order valence-electron chi connectivity index (χ3n) is 3.80. The molecule has 142 valence electrons. The number of hydrogen-bond acceptors (Lipinski definition) is 3. The fourth-order valence-corrected chi connectivity index (χ4v) is 2.34. The van der Waals surface area contributed by atoms with Crippen molar-refractivity contribution in [2.75, 3.05) is 26.3 Å². The monoisotopic (exact) mass is 357 g/mol. The Morgan fingerprint density at radius 1 is 1.19 bits per heavy atom. The highest BCUT2D eigenvalue weighted by atomic mass is 16.5. The molecule has 1 aromatic heterocycles. The number of hydrogen-bond donors (Lipinski definition) is 2. The number of nitrogens with zero attached hydrogens (tertiary/aromatic N) is 3. The molecule has 1 heterocycles. The second-order valence-electron chi connectivity index (χ2n) is 6.55. The molecular formula is C20H31N5O. The van der Waals surface area contributed by atoms with Crippen molar-refractivity contribution in [3.63, 3.8) is 0 Å². The minimum Gasteiger partial charge on any atom is -0.380 e. The number of para-hydroxylation sites is 1. The molecule has 0 bridgehead atoms. The topological polar surface area (TPSA) is 63.5 Å². The van der Waals surface area contributed by atoms with Crippen LogP contribution >= 0.6 is 0 Å². The summed E-state index contributed by atoms with van der Waals surface area (Å²) in [7, 11) is 0. The molecule has 26 heavy (non-hydrogen) atoms. The lowest BCUT2D eigenvalue weighted by Crippen LogP contribution is -2.39. The summed E-state index contributed by atoms with van der Waals surface area (Å²) < 4.78 is 7.50. The van der Waals surface area contributed by atoms with E-state index in [1.165, 1.54) is 0 Å². The fourth-order valence-electron chi connectivity index (χ4n) is 2.34. The molecular weight excluding hydrogens is 326 g/mol. The average Bonchev–Trinajstić information content (AvgIpc) is 3.12. The van der Waals surface area contributed by atoms with Gasteiger partial charge in [0, 0.05) is 31.5 Å². The van der Waals surface area contributed by atoms with Gasteiger partial charge in [-0.15, -0.1) is 0 Å². The molecule has 0 spiro atoms. The Bertz CT molecular complexity index is 651. The van der Waals surface area contributed by atoms with Crippen molar-refractivity contribution in [3.8, 4) is 5.69 Å². The zero-order valence-electron chi connectivity index (χ0n) is 16.1. The van der Waals surface area contributed by atoms with Gasteiger partial charge in [0.25, 0.3) is 0 Å². The van der Waals surface area contributed by atoms with Gasteiger partial charge in [-0.1, -0.05) is 32.0 Å². The van der Waals surface area contributed by atoms with Crippen LogP contribution in [0.4, 0.5) is 0 Å². The number of ether oxygens (including phenoxy) is 1. The van der Waals surface area contributed by atoms with Crippen LogP contribution in [0.15, 0.2) is 47.7 Å². The highest BCUT2D eigenvalue weighted by Crippen LogP contribution is 2.08. The van der Waals surface area contributed by atoms with Crippen molar-refractivity contribution in [1.29, 1.82) is 0 Å². The molecule has 0 aliphatic carbocycles. The first-order chi connectivity index (χ1) is 12.7. The quantitative estimate of drug-likeness (QED) is 0.390. The molecule has 2 N–H and O–H groups in total. The summed E-state index contributed by atoms with van der Waals surface area (Å²) in [5, 5.41) is 11.0. The van der Waals surface area contributed by atoms with Gasteiger partial charge in [0.05, 0.1) is 25.0 Å².